The number of allylic oxidation sites excluding steroid dienone is 5. The van der Waals surface area contributed by atoms with Crippen LogP contribution in [-0.4, -0.2) is 43.3 Å². The summed E-state index contributed by atoms with van der Waals surface area (Å²) in [5.41, 5.74) is 8.12. The van der Waals surface area contributed by atoms with Crippen LogP contribution in [-0.2, 0) is 6.18 Å². The molecule has 1 saturated heterocycles. The molecule has 3 N–H and O–H groups in total. The maximum absolute atomic E-state index is 13.6. The third-order valence-electron chi connectivity index (χ3n) is 7.77. The van der Waals surface area contributed by atoms with Gasteiger partial charge in [0.25, 0.3) is 0 Å². The molecule has 0 spiro atoms. The van der Waals surface area contributed by atoms with E-state index >= 15 is 0 Å². The zero-order valence-corrected chi connectivity index (χ0v) is 22.6. The van der Waals surface area contributed by atoms with Crippen molar-refractivity contribution in [1.82, 2.24) is 26.0 Å². The monoisotopic (exact) mass is 535 g/mol. The largest absolute Gasteiger partial charge is 0.416 e. The molecule has 0 saturated carbocycles. The molecule has 1 fully saturated rings. The molecule has 1 unspecified atom stereocenters. The number of piperidine rings is 1. The Hall–Kier alpha value is -3.49. The fraction of sp³-hybridized carbons (Fsp3) is 0.355. The molecule has 3 aliphatic heterocycles. The maximum atomic E-state index is 13.6. The highest BCUT2D eigenvalue weighted by molar-refractivity contribution is 5.77. The molecule has 5 nitrogen and oxygen atoms in total. The quantitative estimate of drug-likeness (QED) is 0.436. The fourth-order valence-electron chi connectivity index (χ4n) is 5.51. The highest BCUT2D eigenvalue weighted by Gasteiger charge is 2.32. The topological polar surface area (TPSA) is 42.6 Å². The Morgan fingerprint density at radius 1 is 1.00 bits per heavy atom. The Morgan fingerprint density at radius 2 is 1.74 bits per heavy atom. The van der Waals surface area contributed by atoms with Crippen LogP contribution in [0.3, 0.4) is 0 Å². The number of rotatable bonds is 6. The predicted octanol–water partition coefficient (Wildman–Crippen LogP) is 5.81. The molecule has 5 rings (SSSR count). The first-order valence-corrected chi connectivity index (χ1v) is 13.5. The molecule has 0 aliphatic carbocycles. The summed E-state index contributed by atoms with van der Waals surface area (Å²) in [4.78, 5) is 2.33. The van der Waals surface area contributed by atoms with Crippen LogP contribution >= 0.6 is 0 Å². The second-order valence-electron chi connectivity index (χ2n) is 10.6. The molecule has 8 heteroatoms. The normalized spacial score (nSPS) is 21.7. The highest BCUT2D eigenvalue weighted by Crippen LogP contribution is 2.37. The molecule has 0 radical (unpaired) electrons. The summed E-state index contributed by atoms with van der Waals surface area (Å²) in [5, 5.41) is 8.95. The zero-order valence-electron chi connectivity index (χ0n) is 22.6. The van der Waals surface area contributed by atoms with E-state index < -0.39 is 11.7 Å². The molecule has 3 aliphatic rings. The van der Waals surface area contributed by atoms with Gasteiger partial charge in [-0.1, -0.05) is 42.5 Å². The standard InChI is InChI=1S/C31H36F3N5/c1-21(22-8-5-4-6-9-22)36-29-19-24(12-15-35-29)27-20-28(23-13-16-38(2)17-14-23)39(3)37-30(27)25-10-7-11-26(18-25)31(32,33)34/h4-12,15,18-21,23,29,35-37H,13-14,16-17H2,1-3H3/t21-,29?/m0/s1. The van der Waals surface area contributed by atoms with Gasteiger partial charge in [0.15, 0.2) is 0 Å². The van der Waals surface area contributed by atoms with Crippen LogP contribution in [0.5, 0.6) is 0 Å². The Bertz CT molecular complexity index is 1290. The molecule has 0 aromatic heterocycles. The summed E-state index contributed by atoms with van der Waals surface area (Å²) < 4.78 is 40.8. The van der Waals surface area contributed by atoms with Crippen molar-refractivity contribution in [1.29, 1.82) is 0 Å². The number of alkyl halides is 3. The minimum atomic E-state index is -4.41. The van der Waals surface area contributed by atoms with Gasteiger partial charge in [0.05, 0.1) is 17.4 Å². The molecular weight excluding hydrogens is 499 g/mol. The van der Waals surface area contributed by atoms with Crippen LogP contribution in [0, 0.1) is 5.92 Å². The lowest BCUT2D eigenvalue weighted by Crippen LogP contribution is -2.42. The third-order valence-corrected chi connectivity index (χ3v) is 7.77. The number of hydrogen-bond acceptors (Lipinski definition) is 5. The van der Waals surface area contributed by atoms with Gasteiger partial charge < -0.3 is 10.2 Å². The van der Waals surface area contributed by atoms with Crippen molar-refractivity contribution in [3.63, 3.8) is 0 Å². The second kappa shape index (κ2) is 11.3. The molecule has 0 amide bonds. The zero-order chi connectivity index (χ0) is 27.6. The first-order chi connectivity index (χ1) is 18.7. The molecule has 3 heterocycles. The smallest absolute Gasteiger partial charge is 0.372 e. The predicted molar refractivity (Wildman–Crippen MR) is 150 cm³/mol. The van der Waals surface area contributed by atoms with E-state index in [0.29, 0.717) is 17.2 Å². The number of dihydropyridines is 1. The summed E-state index contributed by atoms with van der Waals surface area (Å²) >= 11 is 0. The second-order valence-corrected chi connectivity index (χ2v) is 10.6. The number of benzene rings is 2. The van der Waals surface area contributed by atoms with Gasteiger partial charge in [0.2, 0.25) is 0 Å². The Morgan fingerprint density at radius 3 is 2.46 bits per heavy atom. The van der Waals surface area contributed by atoms with Crippen molar-refractivity contribution in [2.75, 3.05) is 27.2 Å². The van der Waals surface area contributed by atoms with Gasteiger partial charge in [0.1, 0.15) is 0 Å². The minimum absolute atomic E-state index is 0.102. The van der Waals surface area contributed by atoms with Crippen LogP contribution in [0.25, 0.3) is 5.70 Å². The maximum Gasteiger partial charge on any atom is 0.416 e. The van der Waals surface area contributed by atoms with E-state index in [-0.39, 0.29) is 12.2 Å². The average molecular weight is 536 g/mol. The van der Waals surface area contributed by atoms with E-state index in [9.17, 15) is 13.2 Å². The minimum Gasteiger partial charge on any atom is -0.372 e. The number of likely N-dealkylation sites (tertiary alicyclic amines) is 1. The van der Waals surface area contributed by atoms with Crippen LogP contribution in [0.4, 0.5) is 13.2 Å². The van der Waals surface area contributed by atoms with Gasteiger partial charge in [-0.3, -0.25) is 15.8 Å². The SMILES string of the molecule is C[C@H](NC1C=C(C2=C(c3cccc(C(F)(F)F)c3)NN(C)C(C3CCN(C)CC3)=C2)C=CN1)c1ccccc1. The lowest BCUT2D eigenvalue weighted by atomic mass is 9.88. The van der Waals surface area contributed by atoms with E-state index in [4.69, 9.17) is 0 Å². The van der Waals surface area contributed by atoms with E-state index in [1.807, 2.05) is 42.5 Å². The first kappa shape index (κ1) is 27.1. The van der Waals surface area contributed by atoms with E-state index in [1.165, 1.54) is 17.7 Å². The Labute approximate surface area is 228 Å². The van der Waals surface area contributed by atoms with Gasteiger partial charge in [-0.25, -0.2) is 0 Å². The average Bonchev–Trinajstić information content (AvgIpc) is 2.94. The Kier molecular flexibility index (Phi) is 7.86. The van der Waals surface area contributed by atoms with Crippen LogP contribution in [0.2, 0.25) is 0 Å². The molecule has 39 heavy (non-hydrogen) atoms. The van der Waals surface area contributed by atoms with Crippen LogP contribution in [0.15, 0.2) is 95.9 Å². The number of nitrogens with one attached hydrogen (secondary N) is 3. The van der Waals surface area contributed by atoms with Crippen molar-refractivity contribution in [2.45, 2.75) is 38.1 Å². The van der Waals surface area contributed by atoms with E-state index in [2.05, 4.69) is 59.2 Å². The van der Waals surface area contributed by atoms with Gasteiger partial charge in [-0.2, -0.15) is 13.2 Å². The summed E-state index contributed by atoms with van der Waals surface area (Å²) in [6.07, 6.45) is 5.69. The summed E-state index contributed by atoms with van der Waals surface area (Å²) in [6, 6.07) is 15.9. The van der Waals surface area contributed by atoms with E-state index in [1.54, 1.807) is 6.07 Å². The number of nitrogens with zero attached hydrogens (tertiary/aromatic N) is 2. The number of hydrazine groups is 1. The third kappa shape index (κ3) is 6.23. The van der Waals surface area contributed by atoms with E-state index in [0.717, 1.165) is 48.8 Å². The van der Waals surface area contributed by atoms with Crippen LogP contribution in [0.1, 0.15) is 42.5 Å². The highest BCUT2D eigenvalue weighted by atomic mass is 19.4. The molecule has 2 atom stereocenters. The first-order valence-electron chi connectivity index (χ1n) is 13.5. The summed E-state index contributed by atoms with van der Waals surface area (Å²) in [5.74, 6) is 0.370. The van der Waals surface area contributed by atoms with Crippen molar-refractivity contribution in [3.05, 3.63) is 113 Å². The molecular formula is C31H36F3N5. The van der Waals surface area contributed by atoms with Gasteiger partial charge in [-0.05, 0) is 87.6 Å². The van der Waals surface area contributed by atoms with Crippen molar-refractivity contribution < 1.29 is 13.2 Å². The fourth-order valence-corrected chi connectivity index (χ4v) is 5.51. The lowest BCUT2D eigenvalue weighted by molar-refractivity contribution is -0.137. The van der Waals surface area contributed by atoms with Gasteiger partial charge >= 0.3 is 6.18 Å². The number of halogens is 3. The lowest BCUT2D eigenvalue weighted by Gasteiger charge is -2.39. The van der Waals surface area contributed by atoms with Crippen molar-refractivity contribution in [2.24, 2.45) is 5.92 Å². The molecule has 2 aromatic rings. The van der Waals surface area contributed by atoms with Crippen molar-refractivity contribution >= 4 is 5.70 Å². The van der Waals surface area contributed by atoms with Gasteiger partial charge in [-0.15, -0.1) is 0 Å². The summed E-state index contributed by atoms with van der Waals surface area (Å²) in [6.45, 7) is 4.15. The Balaban J connectivity index is 1.54. The van der Waals surface area contributed by atoms with Crippen molar-refractivity contribution in [3.8, 4) is 0 Å². The summed E-state index contributed by atoms with van der Waals surface area (Å²) in [7, 11) is 4.09. The molecule has 2 aromatic carbocycles. The molecule has 206 valence electrons. The number of hydrogen-bond donors (Lipinski definition) is 3. The van der Waals surface area contributed by atoms with Crippen LogP contribution < -0.4 is 16.1 Å². The molecule has 0 bridgehead atoms. The van der Waals surface area contributed by atoms with Gasteiger partial charge in [0, 0.05) is 35.8 Å².